The molecular formula is C28H29N3O3S. The molecule has 1 aliphatic carbocycles. The summed E-state index contributed by atoms with van der Waals surface area (Å²) in [5, 5.41) is 3.16. The van der Waals surface area contributed by atoms with E-state index in [9.17, 15) is 9.59 Å². The van der Waals surface area contributed by atoms with Gasteiger partial charge in [-0.25, -0.2) is 4.79 Å². The first-order chi connectivity index (χ1) is 17.1. The van der Waals surface area contributed by atoms with Crippen molar-refractivity contribution in [1.82, 2.24) is 5.32 Å². The molecule has 0 atom stereocenters. The topological polar surface area (TPSA) is 71.0 Å². The van der Waals surface area contributed by atoms with Crippen LogP contribution in [0.1, 0.15) is 41.6 Å². The highest BCUT2D eigenvalue weighted by atomic mass is 32.1. The van der Waals surface area contributed by atoms with Crippen LogP contribution in [0.25, 0.3) is 0 Å². The highest BCUT2D eigenvalue weighted by molar-refractivity contribution is 7.47. The summed E-state index contributed by atoms with van der Waals surface area (Å²) in [5.41, 5.74) is 2.25. The van der Waals surface area contributed by atoms with E-state index in [4.69, 9.17) is 17.2 Å². The summed E-state index contributed by atoms with van der Waals surface area (Å²) in [5.74, 6) is 0.387. The zero-order chi connectivity index (χ0) is 24.7. The molecule has 0 spiro atoms. The van der Waals surface area contributed by atoms with E-state index in [1.54, 1.807) is 24.1 Å². The molecule has 1 saturated carbocycles. The van der Waals surface area contributed by atoms with Gasteiger partial charge in [0, 0.05) is 36.1 Å². The second kappa shape index (κ2) is 11.2. The lowest BCUT2D eigenvalue weighted by atomic mass is 9.67. The maximum absolute atomic E-state index is 13.1. The van der Waals surface area contributed by atoms with E-state index in [2.05, 4.69) is 21.8 Å². The maximum Gasteiger partial charge on any atom is 0.359 e. The fraction of sp³-hybridized carbons (Fsp3) is 0.286. The Kier molecular flexibility index (Phi) is 7.87. The lowest BCUT2D eigenvalue weighted by Gasteiger charge is -2.43. The summed E-state index contributed by atoms with van der Waals surface area (Å²) >= 11 is 4.76. The van der Waals surface area contributed by atoms with Gasteiger partial charge in [-0.1, -0.05) is 60.7 Å². The van der Waals surface area contributed by atoms with Crippen molar-refractivity contribution in [1.29, 1.82) is 0 Å². The number of methoxy groups -OCH3 is 1. The van der Waals surface area contributed by atoms with E-state index >= 15 is 0 Å². The Morgan fingerprint density at radius 2 is 1.57 bits per heavy atom. The Labute approximate surface area is 211 Å². The third kappa shape index (κ3) is 5.41. The number of amides is 3. The van der Waals surface area contributed by atoms with Crippen LogP contribution in [-0.2, 0) is 17.8 Å². The molecule has 1 N–H and O–H groups in total. The van der Waals surface area contributed by atoms with E-state index < -0.39 is 6.03 Å². The molecule has 0 unspecified atom stereocenters. The summed E-state index contributed by atoms with van der Waals surface area (Å²) in [6.07, 6.45) is 3.15. The number of nitrogens with zero attached hydrogens (tertiary/aromatic N) is 2. The number of nitrogens with one attached hydrogen (secondary N) is 1. The van der Waals surface area contributed by atoms with Crippen LogP contribution in [0, 0.1) is 0 Å². The number of urea groups is 1. The van der Waals surface area contributed by atoms with E-state index in [-0.39, 0.29) is 17.4 Å². The highest BCUT2D eigenvalue weighted by Crippen LogP contribution is 2.41. The molecule has 35 heavy (non-hydrogen) atoms. The predicted molar refractivity (Wildman–Crippen MR) is 140 cm³/mol. The number of rotatable bonds is 7. The molecule has 180 valence electrons. The molecule has 4 rings (SSSR count). The van der Waals surface area contributed by atoms with Crippen molar-refractivity contribution >= 4 is 30.1 Å². The van der Waals surface area contributed by atoms with Crippen LogP contribution in [0.3, 0.4) is 0 Å². The first kappa shape index (κ1) is 24.5. The number of hydrogen-bond acceptors (Lipinski definition) is 4. The van der Waals surface area contributed by atoms with Crippen LogP contribution in [0.4, 0.5) is 10.5 Å². The zero-order valence-corrected chi connectivity index (χ0v) is 20.5. The standard InChI is InChI=1S/C28H29N3O3S/c1-34-25-15-9-8-14-24(25)26(32)29-20-28(21-10-4-2-5-11-21)18-16-23(17-19-28)31(27(33)30-35)22-12-6-3-7-13-22/h2-15,23H,16-20H2,1H3,(H,29,32). The van der Waals surface area contributed by atoms with Gasteiger partial charge in [0.1, 0.15) is 5.75 Å². The minimum Gasteiger partial charge on any atom is -0.496 e. The van der Waals surface area contributed by atoms with E-state index in [1.807, 2.05) is 60.7 Å². The zero-order valence-electron chi connectivity index (χ0n) is 19.7. The van der Waals surface area contributed by atoms with Crippen molar-refractivity contribution < 1.29 is 14.3 Å². The van der Waals surface area contributed by atoms with Gasteiger partial charge in [0.15, 0.2) is 0 Å². The van der Waals surface area contributed by atoms with Gasteiger partial charge in [-0.15, -0.1) is 4.36 Å². The van der Waals surface area contributed by atoms with Gasteiger partial charge in [0.25, 0.3) is 5.91 Å². The Hall–Kier alpha value is -3.58. The molecule has 1 aliphatic rings. The van der Waals surface area contributed by atoms with E-state index in [0.29, 0.717) is 17.9 Å². The van der Waals surface area contributed by atoms with Gasteiger partial charge in [-0.05, 0) is 55.5 Å². The molecule has 0 bridgehead atoms. The summed E-state index contributed by atoms with van der Waals surface area (Å²) in [6, 6.07) is 26.6. The van der Waals surface area contributed by atoms with Gasteiger partial charge >= 0.3 is 6.03 Å². The molecule has 0 radical (unpaired) electrons. The number of para-hydroxylation sites is 2. The molecule has 0 aromatic heterocycles. The van der Waals surface area contributed by atoms with Gasteiger partial charge in [0.2, 0.25) is 0 Å². The molecular weight excluding hydrogens is 458 g/mol. The number of ether oxygens (including phenoxy) is 1. The summed E-state index contributed by atoms with van der Waals surface area (Å²) in [7, 11) is 1.56. The second-order valence-electron chi connectivity index (χ2n) is 8.84. The quantitative estimate of drug-likeness (QED) is 0.467. The minimum absolute atomic E-state index is 0.0154. The lowest BCUT2D eigenvalue weighted by molar-refractivity contribution is 0.0932. The van der Waals surface area contributed by atoms with Crippen molar-refractivity contribution in [2.75, 3.05) is 18.6 Å². The molecule has 7 heteroatoms. The first-order valence-corrected chi connectivity index (χ1v) is 12.1. The fourth-order valence-corrected chi connectivity index (χ4v) is 5.15. The fourth-order valence-electron chi connectivity index (χ4n) is 5.06. The number of carbonyl (C=O) groups is 2. The third-order valence-electron chi connectivity index (χ3n) is 6.92. The molecule has 0 heterocycles. The summed E-state index contributed by atoms with van der Waals surface area (Å²) in [4.78, 5) is 27.4. The van der Waals surface area contributed by atoms with Crippen molar-refractivity contribution in [2.45, 2.75) is 37.1 Å². The van der Waals surface area contributed by atoms with Crippen LogP contribution in [0.15, 0.2) is 89.3 Å². The first-order valence-electron chi connectivity index (χ1n) is 11.8. The van der Waals surface area contributed by atoms with Crippen molar-refractivity contribution in [3.8, 4) is 5.75 Å². The van der Waals surface area contributed by atoms with Crippen molar-refractivity contribution in [2.24, 2.45) is 4.36 Å². The molecule has 3 amide bonds. The molecule has 6 nitrogen and oxygen atoms in total. The average molecular weight is 488 g/mol. The van der Waals surface area contributed by atoms with E-state index in [0.717, 1.165) is 31.4 Å². The van der Waals surface area contributed by atoms with Crippen molar-refractivity contribution in [3.63, 3.8) is 0 Å². The average Bonchev–Trinajstić information content (AvgIpc) is 2.93. The van der Waals surface area contributed by atoms with Gasteiger partial charge < -0.3 is 10.1 Å². The number of benzene rings is 3. The van der Waals surface area contributed by atoms with Gasteiger partial charge in [0.05, 0.1) is 12.7 Å². The maximum atomic E-state index is 13.1. The minimum atomic E-state index is -0.409. The summed E-state index contributed by atoms with van der Waals surface area (Å²) < 4.78 is 8.91. The summed E-state index contributed by atoms with van der Waals surface area (Å²) in [6.45, 7) is 0.491. The Morgan fingerprint density at radius 1 is 0.971 bits per heavy atom. The third-order valence-corrected chi connectivity index (χ3v) is 7.08. The van der Waals surface area contributed by atoms with E-state index in [1.165, 1.54) is 5.56 Å². The number of hydrogen-bond donors (Lipinski definition) is 1. The SMILES string of the molecule is COc1ccccc1C(=O)NCC1(c2ccccc2)CCC(N(C(=O)N=S)c2ccccc2)CC1. The molecule has 3 aromatic rings. The van der Waals surface area contributed by atoms with Crippen LogP contribution in [0.5, 0.6) is 5.75 Å². The molecule has 0 aliphatic heterocycles. The Bertz CT molecular complexity index is 1160. The molecule has 0 saturated heterocycles. The van der Waals surface area contributed by atoms with Crippen LogP contribution >= 0.6 is 0 Å². The lowest BCUT2D eigenvalue weighted by Crippen LogP contribution is -2.48. The van der Waals surface area contributed by atoms with Crippen LogP contribution < -0.4 is 15.0 Å². The van der Waals surface area contributed by atoms with Crippen molar-refractivity contribution in [3.05, 3.63) is 96.1 Å². The predicted octanol–water partition coefficient (Wildman–Crippen LogP) is 5.66. The van der Waals surface area contributed by atoms with Gasteiger partial charge in [-0.2, -0.15) is 0 Å². The normalized spacial score (nSPS) is 19.4. The highest BCUT2D eigenvalue weighted by Gasteiger charge is 2.40. The largest absolute Gasteiger partial charge is 0.496 e. The smallest absolute Gasteiger partial charge is 0.359 e. The Balaban J connectivity index is 1.55. The van der Waals surface area contributed by atoms with Gasteiger partial charge in [-0.3, -0.25) is 9.69 Å². The monoisotopic (exact) mass is 487 g/mol. The second-order valence-corrected chi connectivity index (χ2v) is 9.02. The number of carbonyl (C=O) groups excluding carboxylic acids is 2. The van der Waals surface area contributed by atoms with Crippen LogP contribution in [-0.4, -0.2) is 31.6 Å². The van der Waals surface area contributed by atoms with Crippen LogP contribution in [0.2, 0.25) is 0 Å². The Morgan fingerprint density at radius 3 is 2.20 bits per heavy atom. The number of anilines is 1. The molecule has 3 aromatic carbocycles. The molecule has 1 fully saturated rings.